The van der Waals surface area contributed by atoms with Crippen LogP contribution in [-0.2, 0) is 4.74 Å². The number of carbonyl (C=O) groups excluding carboxylic acids is 1. The van der Waals surface area contributed by atoms with Crippen LogP contribution in [0.5, 0.6) is 0 Å². The van der Waals surface area contributed by atoms with Crippen molar-refractivity contribution in [1.29, 1.82) is 0 Å². The molecule has 0 spiro atoms. The third kappa shape index (κ3) is 7.50. The highest BCUT2D eigenvalue weighted by Crippen LogP contribution is 2.19. The van der Waals surface area contributed by atoms with E-state index in [1.54, 1.807) is 11.2 Å². The van der Waals surface area contributed by atoms with Gasteiger partial charge in [0.05, 0.1) is 25.5 Å². The molecular formula is C19H34IN5O3. The number of halogens is 1. The van der Waals surface area contributed by atoms with Crippen LogP contribution in [0.3, 0.4) is 0 Å². The summed E-state index contributed by atoms with van der Waals surface area (Å²) in [5.41, 5.74) is 0. The van der Waals surface area contributed by atoms with Crippen LogP contribution >= 0.6 is 24.0 Å². The number of rotatable bonds is 7. The van der Waals surface area contributed by atoms with Gasteiger partial charge in [0.15, 0.2) is 5.96 Å². The Morgan fingerprint density at radius 2 is 2.11 bits per heavy atom. The first kappa shape index (κ1) is 24.5. The molecule has 1 aliphatic heterocycles. The number of carbonyl (C=O) groups is 1. The minimum Gasteiger partial charge on any atom is -0.468 e. The Balaban J connectivity index is 0.00000392. The zero-order valence-electron chi connectivity index (χ0n) is 17.3. The van der Waals surface area contributed by atoms with Gasteiger partial charge in [-0.25, -0.2) is 4.79 Å². The van der Waals surface area contributed by atoms with Crippen molar-refractivity contribution in [3.63, 3.8) is 0 Å². The normalized spacial score (nSPS) is 16.5. The molecule has 1 aromatic rings. The van der Waals surface area contributed by atoms with Gasteiger partial charge >= 0.3 is 6.09 Å². The van der Waals surface area contributed by atoms with Gasteiger partial charge in [0, 0.05) is 25.7 Å². The lowest BCUT2D eigenvalue weighted by Gasteiger charge is -2.32. The quantitative estimate of drug-likeness (QED) is 0.336. The zero-order chi connectivity index (χ0) is 19.6. The van der Waals surface area contributed by atoms with Gasteiger partial charge in [-0.05, 0) is 52.9 Å². The molecule has 0 bridgehead atoms. The largest absolute Gasteiger partial charge is 0.468 e. The van der Waals surface area contributed by atoms with Gasteiger partial charge in [-0.3, -0.25) is 9.89 Å². The van der Waals surface area contributed by atoms with Crippen molar-refractivity contribution in [2.24, 2.45) is 4.99 Å². The van der Waals surface area contributed by atoms with Gasteiger partial charge in [0.2, 0.25) is 0 Å². The maximum absolute atomic E-state index is 11.8. The number of likely N-dealkylation sites (N-methyl/N-ethyl adjacent to an activating group) is 1. The SMILES string of the molecule is CCNC(=NCC(c1ccco1)N(C)C)NC1CCN(C(=O)OCC)CC1.I. The first-order valence-corrected chi connectivity index (χ1v) is 9.71. The molecule has 0 radical (unpaired) electrons. The van der Waals surface area contributed by atoms with Crippen molar-refractivity contribution < 1.29 is 13.9 Å². The second kappa shape index (κ2) is 12.9. The first-order valence-electron chi connectivity index (χ1n) is 9.71. The monoisotopic (exact) mass is 507 g/mol. The molecule has 2 N–H and O–H groups in total. The lowest BCUT2D eigenvalue weighted by atomic mass is 10.1. The van der Waals surface area contributed by atoms with Crippen molar-refractivity contribution in [3.8, 4) is 0 Å². The Morgan fingerprint density at radius 3 is 2.64 bits per heavy atom. The van der Waals surface area contributed by atoms with Gasteiger partial charge in [-0.1, -0.05) is 0 Å². The van der Waals surface area contributed by atoms with Crippen molar-refractivity contribution in [1.82, 2.24) is 20.4 Å². The Labute approximate surface area is 185 Å². The number of guanidine groups is 1. The van der Waals surface area contributed by atoms with Crippen molar-refractivity contribution in [3.05, 3.63) is 24.2 Å². The second-order valence-corrected chi connectivity index (χ2v) is 6.82. The van der Waals surface area contributed by atoms with E-state index in [9.17, 15) is 4.79 Å². The summed E-state index contributed by atoms with van der Waals surface area (Å²) in [5, 5.41) is 6.81. The molecule has 1 saturated heterocycles. The first-order chi connectivity index (χ1) is 13.0. The van der Waals surface area contributed by atoms with Crippen LogP contribution in [0.2, 0.25) is 0 Å². The molecule has 1 fully saturated rings. The van der Waals surface area contributed by atoms with E-state index in [1.807, 2.05) is 33.2 Å². The molecule has 0 aromatic carbocycles. The standard InChI is InChI=1S/C19H33N5O3.HI/c1-5-20-18(21-14-16(23(3)4)17-8-7-13-27-17)22-15-9-11-24(12-10-15)19(25)26-6-2;/h7-8,13,15-16H,5-6,9-12,14H2,1-4H3,(H2,20,21,22);1H. The Bertz CT molecular complexity index is 586. The number of likely N-dealkylation sites (tertiary alicyclic amines) is 1. The van der Waals surface area contributed by atoms with Crippen LogP contribution in [0.1, 0.15) is 38.5 Å². The van der Waals surface area contributed by atoms with E-state index in [4.69, 9.17) is 14.1 Å². The second-order valence-electron chi connectivity index (χ2n) is 6.82. The maximum Gasteiger partial charge on any atom is 0.409 e. The summed E-state index contributed by atoms with van der Waals surface area (Å²) >= 11 is 0. The van der Waals surface area contributed by atoms with Gasteiger partial charge in [0.1, 0.15) is 5.76 Å². The number of ether oxygens (including phenoxy) is 1. The third-order valence-electron chi connectivity index (χ3n) is 4.62. The highest BCUT2D eigenvalue weighted by atomic mass is 127. The van der Waals surface area contributed by atoms with Crippen molar-refractivity contribution >= 4 is 36.0 Å². The lowest BCUT2D eigenvalue weighted by Crippen LogP contribution is -2.50. The average molecular weight is 507 g/mol. The van der Waals surface area contributed by atoms with Crippen LogP contribution < -0.4 is 10.6 Å². The third-order valence-corrected chi connectivity index (χ3v) is 4.62. The molecule has 2 rings (SSSR count). The van der Waals surface area contributed by atoms with E-state index in [2.05, 4.69) is 22.5 Å². The number of hydrogen-bond acceptors (Lipinski definition) is 5. The number of aliphatic imine (C=N–C) groups is 1. The molecule has 28 heavy (non-hydrogen) atoms. The summed E-state index contributed by atoms with van der Waals surface area (Å²) < 4.78 is 10.6. The van der Waals surface area contributed by atoms with Gasteiger partial charge in [0.25, 0.3) is 0 Å². The summed E-state index contributed by atoms with van der Waals surface area (Å²) in [7, 11) is 4.04. The minimum atomic E-state index is -0.219. The van der Waals surface area contributed by atoms with E-state index in [1.165, 1.54) is 0 Å². The molecule has 0 aliphatic carbocycles. The fraction of sp³-hybridized carbons (Fsp3) is 0.684. The summed E-state index contributed by atoms with van der Waals surface area (Å²) in [4.78, 5) is 20.4. The van der Waals surface area contributed by atoms with Gasteiger partial charge < -0.3 is 24.7 Å². The van der Waals surface area contributed by atoms with E-state index >= 15 is 0 Å². The van der Waals surface area contributed by atoms with Gasteiger partial charge in [-0.2, -0.15) is 0 Å². The van der Waals surface area contributed by atoms with E-state index in [-0.39, 0.29) is 42.2 Å². The highest BCUT2D eigenvalue weighted by molar-refractivity contribution is 14.0. The molecule has 1 aliphatic rings. The van der Waals surface area contributed by atoms with Crippen molar-refractivity contribution in [2.45, 2.75) is 38.8 Å². The van der Waals surface area contributed by atoms with Gasteiger partial charge in [-0.15, -0.1) is 24.0 Å². The van der Waals surface area contributed by atoms with Crippen LogP contribution in [0.15, 0.2) is 27.8 Å². The van der Waals surface area contributed by atoms with Crippen molar-refractivity contribution in [2.75, 3.05) is 46.9 Å². The molecular weight excluding hydrogens is 473 g/mol. The summed E-state index contributed by atoms with van der Waals surface area (Å²) in [6.07, 6.45) is 3.22. The number of nitrogens with one attached hydrogen (secondary N) is 2. The summed E-state index contributed by atoms with van der Waals surface area (Å²) in [5.74, 6) is 1.70. The zero-order valence-corrected chi connectivity index (χ0v) is 19.6. The fourth-order valence-electron chi connectivity index (χ4n) is 3.10. The fourth-order valence-corrected chi connectivity index (χ4v) is 3.10. The Morgan fingerprint density at radius 1 is 1.39 bits per heavy atom. The summed E-state index contributed by atoms with van der Waals surface area (Å²) in [6.45, 7) is 7.08. The number of amides is 1. The molecule has 1 aromatic heterocycles. The van der Waals surface area contributed by atoms with E-state index < -0.39 is 0 Å². The number of furan rings is 1. The van der Waals surface area contributed by atoms with Crippen LogP contribution in [-0.4, -0.2) is 74.8 Å². The molecule has 2 heterocycles. The molecule has 1 unspecified atom stereocenters. The maximum atomic E-state index is 11.8. The molecule has 9 heteroatoms. The highest BCUT2D eigenvalue weighted by Gasteiger charge is 2.24. The van der Waals surface area contributed by atoms with Crippen LogP contribution in [0, 0.1) is 0 Å². The lowest BCUT2D eigenvalue weighted by molar-refractivity contribution is 0.0963. The van der Waals surface area contributed by atoms with E-state index in [0.717, 1.165) is 31.1 Å². The Hall–Kier alpha value is -1.49. The average Bonchev–Trinajstić information content (AvgIpc) is 3.17. The Kier molecular flexibility index (Phi) is 11.3. The molecule has 160 valence electrons. The van der Waals surface area contributed by atoms with Crippen LogP contribution in [0.4, 0.5) is 4.79 Å². The molecule has 0 saturated carbocycles. The van der Waals surface area contributed by atoms with E-state index in [0.29, 0.717) is 26.2 Å². The molecule has 1 atom stereocenters. The smallest absolute Gasteiger partial charge is 0.409 e. The molecule has 8 nitrogen and oxygen atoms in total. The number of nitrogens with zero attached hydrogens (tertiary/aromatic N) is 3. The predicted octanol–water partition coefficient (Wildman–Crippen LogP) is 2.68. The molecule has 1 amide bonds. The van der Waals surface area contributed by atoms with Crippen LogP contribution in [0.25, 0.3) is 0 Å². The minimum absolute atomic E-state index is 0. The summed E-state index contributed by atoms with van der Waals surface area (Å²) in [6, 6.07) is 4.25. The number of hydrogen-bond donors (Lipinski definition) is 2. The number of piperidine rings is 1. The topological polar surface area (TPSA) is 82.3 Å². The predicted molar refractivity (Wildman–Crippen MR) is 121 cm³/mol.